The third kappa shape index (κ3) is 6.96. The number of anilines is 1. The smallest absolute Gasteiger partial charge is 0.242 e. The highest BCUT2D eigenvalue weighted by Crippen LogP contribution is 2.23. The van der Waals surface area contributed by atoms with E-state index in [1.54, 1.807) is 13.1 Å². The van der Waals surface area contributed by atoms with Gasteiger partial charge in [0.15, 0.2) is 5.96 Å². The van der Waals surface area contributed by atoms with Gasteiger partial charge in [-0.25, -0.2) is 13.1 Å². The maximum atomic E-state index is 12.2. The summed E-state index contributed by atoms with van der Waals surface area (Å²) in [5.74, 6) is 0.642. The number of sulfonamides is 1. The fourth-order valence-electron chi connectivity index (χ4n) is 3.13. The second kappa shape index (κ2) is 11.7. The Labute approximate surface area is 199 Å². The normalized spacial score (nSPS) is 16.8. The maximum absolute atomic E-state index is 12.2. The van der Waals surface area contributed by atoms with Crippen LogP contribution in [0.2, 0.25) is 5.02 Å². The standard InChI is InChI=1S/C19H25ClN6O2S.HI/c1-21-19(23-9-10-24-29(27,28)18-6-3-8-22-13-18)25-16-7-11-26(14-16)17-5-2-4-15(20)12-17;/h2-6,8,12-13,16,24H,7,9-11,14H2,1H3,(H2,21,23,25);1H. The van der Waals surface area contributed by atoms with Crippen LogP contribution < -0.4 is 20.3 Å². The van der Waals surface area contributed by atoms with E-state index in [1.807, 2.05) is 18.2 Å². The molecule has 1 saturated heterocycles. The van der Waals surface area contributed by atoms with Crippen molar-refractivity contribution in [2.24, 2.45) is 4.99 Å². The van der Waals surface area contributed by atoms with E-state index in [9.17, 15) is 8.42 Å². The average molecular weight is 565 g/mol. The van der Waals surface area contributed by atoms with Crippen LogP contribution in [-0.2, 0) is 10.0 Å². The number of guanidine groups is 1. The van der Waals surface area contributed by atoms with E-state index in [4.69, 9.17) is 11.6 Å². The first-order valence-electron chi connectivity index (χ1n) is 9.35. The molecule has 0 radical (unpaired) electrons. The molecule has 11 heteroatoms. The van der Waals surface area contributed by atoms with E-state index in [0.717, 1.165) is 30.2 Å². The van der Waals surface area contributed by atoms with Crippen molar-refractivity contribution in [2.75, 3.05) is 38.1 Å². The van der Waals surface area contributed by atoms with Crippen LogP contribution >= 0.6 is 35.6 Å². The zero-order valence-corrected chi connectivity index (χ0v) is 20.5. The summed E-state index contributed by atoms with van der Waals surface area (Å²) in [5, 5.41) is 7.25. The summed E-state index contributed by atoms with van der Waals surface area (Å²) in [6, 6.07) is 11.2. The first-order valence-corrected chi connectivity index (χ1v) is 11.2. The largest absolute Gasteiger partial charge is 0.369 e. The molecule has 0 aliphatic carbocycles. The van der Waals surface area contributed by atoms with Crippen molar-refractivity contribution in [3.05, 3.63) is 53.8 Å². The molecule has 1 unspecified atom stereocenters. The summed E-state index contributed by atoms with van der Waals surface area (Å²) in [6.45, 7) is 2.41. The van der Waals surface area contributed by atoms with Gasteiger partial charge >= 0.3 is 0 Å². The predicted molar refractivity (Wildman–Crippen MR) is 131 cm³/mol. The average Bonchev–Trinajstić information content (AvgIpc) is 3.19. The molecule has 1 atom stereocenters. The van der Waals surface area contributed by atoms with E-state index in [-0.39, 0.29) is 41.5 Å². The third-order valence-corrected chi connectivity index (χ3v) is 6.26. The van der Waals surface area contributed by atoms with Gasteiger partial charge in [-0.15, -0.1) is 24.0 Å². The number of aliphatic imine (C=N–C) groups is 1. The number of aromatic nitrogens is 1. The lowest BCUT2D eigenvalue weighted by atomic mass is 10.3. The minimum atomic E-state index is -3.56. The number of nitrogens with zero attached hydrogens (tertiary/aromatic N) is 3. The molecular formula is C19H26ClIN6O2S. The predicted octanol–water partition coefficient (Wildman–Crippen LogP) is 2.08. The van der Waals surface area contributed by atoms with Gasteiger partial charge in [0.05, 0.1) is 0 Å². The zero-order chi connectivity index (χ0) is 20.7. The molecule has 1 aromatic heterocycles. The quantitative estimate of drug-likeness (QED) is 0.206. The molecule has 1 fully saturated rings. The summed E-state index contributed by atoms with van der Waals surface area (Å²) in [7, 11) is -1.87. The summed E-state index contributed by atoms with van der Waals surface area (Å²) in [6.07, 6.45) is 3.83. The van der Waals surface area contributed by atoms with Crippen molar-refractivity contribution in [3.63, 3.8) is 0 Å². The summed E-state index contributed by atoms with van der Waals surface area (Å²) in [5.41, 5.74) is 1.11. The Hall–Kier alpha value is -1.63. The zero-order valence-electron chi connectivity index (χ0n) is 16.6. The van der Waals surface area contributed by atoms with E-state index >= 15 is 0 Å². The molecule has 2 heterocycles. The summed E-state index contributed by atoms with van der Waals surface area (Å²) >= 11 is 6.08. The SMILES string of the molecule is CN=C(NCCNS(=O)(=O)c1cccnc1)NC1CCN(c2cccc(Cl)c2)C1.I. The van der Waals surface area contributed by atoms with Gasteiger partial charge in [-0.05, 0) is 36.8 Å². The van der Waals surface area contributed by atoms with Crippen LogP contribution in [0, 0.1) is 0 Å². The van der Waals surface area contributed by atoms with Crippen LogP contribution in [0.3, 0.4) is 0 Å². The van der Waals surface area contributed by atoms with E-state index in [1.165, 1.54) is 18.5 Å². The fourth-order valence-corrected chi connectivity index (χ4v) is 4.31. The Morgan fingerprint density at radius 1 is 1.30 bits per heavy atom. The van der Waals surface area contributed by atoms with Crippen molar-refractivity contribution in [1.82, 2.24) is 20.3 Å². The van der Waals surface area contributed by atoms with Crippen molar-refractivity contribution in [2.45, 2.75) is 17.4 Å². The highest BCUT2D eigenvalue weighted by atomic mass is 127. The Kier molecular flexibility index (Phi) is 9.59. The lowest BCUT2D eigenvalue weighted by molar-refractivity contribution is 0.579. The minimum absolute atomic E-state index is 0. The van der Waals surface area contributed by atoms with Crippen LogP contribution in [0.1, 0.15) is 6.42 Å². The van der Waals surface area contributed by atoms with Gasteiger partial charge in [0.25, 0.3) is 0 Å². The van der Waals surface area contributed by atoms with Gasteiger partial charge in [-0.2, -0.15) is 0 Å². The number of benzene rings is 1. The lowest BCUT2D eigenvalue weighted by Gasteiger charge is -2.20. The molecule has 30 heavy (non-hydrogen) atoms. The molecular weight excluding hydrogens is 539 g/mol. The molecule has 1 aliphatic rings. The van der Waals surface area contributed by atoms with Crippen LogP contribution in [0.15, 0.2) is 58.7 Å². The molecule has 3 N–H and O–H groups in total. The number of hydrogen-bond acceptors (Lipinski definition) is 5. The highest BCUT2D eigenvalue weighted by molar-refractivity contribution is 14.0. The fraction of sp³-hybridized carbons (Fsp3) is 0.368. The number of halogens is 2. The van der Waals surface area contributed by atoms with Gasteiger partial charge in [0, 0.05) is 62.4 Å². The van der Waals surface area contributed by atoms with Crippen LogP contribution in [0.25, 0.3) is 0 Å². The van der Waals surface area contributed by atoms with Crippen LogP contribution in [-0.4, -0.2) is 58.6 Å². The van der Waals surface area contributed by atoms with E-state index < -0.39 is 10.0 Å². The first kappa shape index (κ1) is 24.6. The molecule has 0 amide bonds. The Balaban J connectivity index is 0.00000320. The lowest BCUT2D eigenvalue weighted by Crippen LogP contribution is -2.46. The van der Waals surface area contributed by atoms with E-state index in [2.05, 4.69) is 36.3 Å². The molecule has 8 nitrogen and oxygen atoms in total. The number of rotatable bonds is 7. The van der Waals surface area contributed by atoms with Gasteiger partial charge in [0.2, 0.25) is 10.0 Å². The van der Waals surface area contributed by atoms with Gasteiger partial charge in [0.1, 0.15) is 4.90 Å². The Morgan fingerprint density at radius 2 is 2.13 bits per heavy atom. The molecule has 0 bridgehead atoms. The van der Waals surface area contributed by atoms with Crippen LogP contribution in [0.4, 0.5) is 5.69 Å². The van der Waals surface area contributed by atoms with Crippen molar-refractivity contribution in [3.8, 4) is 0 Å². The molecule has 0 saturated carbocycles. The van der Waals surface area contributed by atoms with Gasteiger partial charge in [-0.1, -0.05) is 17.7 Å². The molecule has 1 aromatic carbocycles. The van der Waals surface area contributed by atoms with E-state index in [0.29, 0.717) is 12.5 Å². The second-order valence-corrected chi connectivity index (χ2v) is 8.84. The minimum Gasteiger partial charge on any atom is -0.369 e. The Morgan fingerprint density at radius 3 is 2.83 bits per heavy atom. The highest BCUT2D eigenvalue weighted by Gasteiger charge is 2.23. The molecule has 164 valence electrons. The number of pyridine rings is 1. The Bertz CT molecular complexity index is 945. The maximum Gasteiger partial charge on any atom is 0.242 e. The number of nitrogens with one attached hydrogen (secondary N) is 3. The molecule has 0 spiro atoms. The third-order valence-electron chi connectivity index (χ3n) is 4.58. The first-order chi connectivity index (χ1) is 14.0. The monoisotopic (exact) mass is 564 g/mol. The van der Waals surface area contributed by atoms with Crippen LogP contribution in [0.5, 0.6) is 0 Å². The van der Waals surface area contributed by atoms with Crippen molar-refractivity contribution in [1.29, 1.82) is 0 Å². The molecule has 2 aromatic rings. The second-order valence-electron chi connectivity index (χ2n) is 6.64. The molecule has 3 rings (SSSR count). The molecule has 1 aliphatic heterocycles. The van der Waals surface area contributed by atoms with Gasteiger partial charge < -0.3 is 15.5 Å². The summed E-state index contributed by atoms with van der Waals surface area (Å²) < 4.78 is 26.9. The summed E-state index contributed by atoms with van der Waals surface area (Å²) in [4.78, 5) is 10.5. The topological polar surface area (TPSA) is 98.7 Å². The number of hydrogen-bond donors (Lipinski definition) is 3. The van der Waals surface area contributed by atoms with Gasteiger partial charge in [-0.3, -0.25) is 9.98 Å². The van der Waals surface area contributed by atoms with Crippen molar-refractivity contribution < 1.29 is 8.42 Å². The van der Waals surface area contributed by atoms with Crippen molar-refractivity contribution >= 4 is 57.2 Å².